The number of benzene rings is 11. The molecule has 0 amide bonds. The van der Waals surface area contributed by atoms with E-state index in [-0.39, 0.29) is 5.41 Å². The van der Waals surface area contributed by atoms with Gasteiger partial charge in [0.2, 0.25) is 0 Å². The average molecular weight is 723 g/mol. The van der Waals surface area contributed by atoms with Crippen LogP contribution in [-0.2, 0) is 5.41 Å². The predicted octanol–water partition coefficient (Wildman–Crippen LogP) is 15.9. The minimum atomic E-state index is -0.0910. The van der Waals surface area contributed by atoms with Crippen molar-refractivity contribution in [2.75, 3.05) is 0 Å². The van der Waals surface area contributed by atoms with E-state index < -0.39 is 0 Å². The average Bonchev–Trinajstić information content (AvgIpc) is 3.50. The molecule has 0 fully saturated rings. The zero-order valence-corrected chi connectivity index (χ0v) is 32.0. The van der Waals surface area contributed by atoms with Crippen LogP contribution in [0, 0.1) is 0 Å². The molecule has 11 aromatic carbocycles. The van der Waals surface area contributed by atoms with Gasteiger partial charge in [-0.2, -0.15) is 0 Å². The number of hydrogen-bond acceptors (Lipinski definition) is 0. The molecule has 0 heterocycles. The Morgan fingerprint density at radius 1 is 0.263 bits per heavy atom. The van der Waals surface area contributed by atoms with Crippen LogP contribution in [0.4, 0.5) is 0 Å². The second-order valence-corrected chi connectivity index (χ2v) is 16.4. The van der Waals surface area contributed by atoms with Gasteiger partial charge < -0.3 is 0 Å². The van der Waals surface area contributed by atoms with E-state index in [1.54, 1.807) is 0 Å². The molecule has 0 bridgehead atoms. The summed E-state index contributed by atoms with van der Waals surface area (Å²) in [6.07, 6.45) is 0. The summed E-state index contributed by atoms with van der Waals surface area (Å²) in [6, 6.07) is 72.7. The van der Waals surface area contributed by atoms with Crippen molar-refractivity contribution in [2.45, 2.75) is 19.3 Å². The standard InChI is InChI=1S/C57H38/c1-57(2)51-27-13-24-42(56(51)55-41-19-6-5-14-35(41)29-31-52(55)57)38-17-11-18-40(33-38)53-46-20-7-9-22-48(46)54(49-23-10-8-21-47(49)53)45-26-12-25-43-44(45)30-28-39-32-36-15-3-4-16-37(36)34-50(39)43/h3-34H,1-2H3. The summed E-state index contributed by atoms with van der Waals surface area (Å²) < 4.78 is 0. The third-order valence-corrected chi connectivity index (χ3v) is 13.0. The topological polar surface area (TPSA) is 0 Å². The first-order valence-electron chi connectivity index (χ1n) is 20.1. The molecule has 266 valence electrons. The van der Waals surface area contributed by atoms with E-state index in [2.05, 4.69) is 208 Å². The van der Waals surface area contributed by atoms with Gasteiger partial charge in [-0.3, -0.25) is 0 Å². The van der Waals surface area contributed by atoms with Crippen molar-refractivity contribution in [2.24, 2.45) is 0 Å². The molecule has 0 unspecified atom stereocenters. The van der Waals surface area contributed by atoms with Crippen LogP contribution in [0.3, 0.4) is 0 Å². The zero-order chi connectivity index (χ0) is 37.8. The third kappa shape index (κ3) is 4.62. The van der Waals surface area contributed by atoms with Crippen LogP contribution < -0.4 is 0 Å². The van der Waals surface area contributed by atoms with Gasteiger partial charge in [0.15, 0.2) is 0 Å². The predicted molar refractivity (Wildman–Crippen MR) is 245 cm³/mol. The van der Waals surface area contributed by atoms with E-state index in [0.29, 0.717) is 0 Å². The molecule has 0 atom stereocenters. The van der Waals surface area contributed by atoms with Crippen LogP contribution in [-0.4, -0.2) is 0 Å². The van der Waals surface area contributed by atoms with Gasteiger partial charge in [-0.25, -0.2) is 0 Å². The number of rotatable bonds is 3. The Hall–Kier alpha value is -7.02. The maximum absolute atomic E-state index is 2.44. The van der Waals surface area contributed by atoms with Crippen molar-refractivity contribution in [3.8, 4) is 44.5 Å². The Labute approximate surface area is 332 Å². The largest absolute Gasteiger partial charge is 0.0616 e. The van der Waals surface area contributed by atoms with Crippen molar-refractivity contribution < 1.29 is 0 Å². The van der Waals surface area contributed by atoms with Crippen LogP contribution in [0.1, 0.15) is 25.0 Å². The van der Waals surface area contributed by atoms with E-state index in [4.69, 9.17) is 0 Å². The first-order chi connectivity index (χ1) is 28.0. The van der Waals surface area contributed by atoms with Crippen LogP contribution in [0.2, 0.25) is 0 Å². The molecule has 0 heteroatoms. The summed E-state index contributed by atoms with van der Waals surface area (Å²) in [7, 11) is 0. The van der Waals surface area contributed by atoms with Crippen LogP contribution >= 0.6 is 0 Å². The van der Waals surface area contributed by atoms with Gasteiger partial charge >= 0.3 is 0 Å². The fraction of sp³-hybridized carbons (Fsp3) is 0.0526. The Morgan fingerprint density at radius 3 is 1.56 bits per heavy atom. The Morgan fingerprint density at radius 2 is 0.807 bits per heavy atom. The highest BCUT2D eigenvalue weighted by atomic mass is 14.4. The Bertz CT molecular complexity index is 3430. The molecule has 0 radical (unpaired) electrons. The minimum absolute atomic E-state index is 0.0910. The van der Waals surface area contributed by atoms with Crippen LogP contribution in [0.15, 0.2) is 194 Å². The van der Waals surface area contributed by atoms with Crippen molar-refractivity contribution >= 4 is 64.6 Å². The highest BCUT2D eigenvalue weighted by molar-refractivity contribution is 6.25. The van der Waals surface area contributed by atoms with Gasteiger partial charge in [0.25, 0.3) is 0 Å². The van der Waals surface area contributed by atoms with Gasteiger partial charge in [-0.15, -0.1) is 0 Å². The molecule has 1 aliphatic carbocycles. The summed E-state index contributed by atoms with van der Waals surface area (Å²) in [5, 5.41) is 15.4. The lowest BCUT2D eigenvalue weighted by Gasteiger charge is -2.22. The summed E-state index contributed by atoms with van der Waals surface area (Å²) in [4.78, 5) is 0. The summed E-state index contributed by atoms with van der Waals surface area (Å²) in [6.45, 7) is 4.76. The normalized spacial score (nSPS) is 13.2. The van der Waals surface area contributed by atoms with Gasteiger partial charge in [0.1, 0.15) is 0 Å². The molecular formula is C57H38. The highest BCUT2D eigenvalue weighted by Gasteiger charge is 2.38. The van der Waals surface area contributed by atoms with Crippen molar-refractivity contribution in [3.63, 3.8) is 0 Å². The molecule has 0 saturated heterocycles. The molecule has 11 aromatic rings. The maximum Gasteiger partial charge on any atom is 0.0159 e. The van der Waals surface area contributed by atoms with Crippen molar-refractivity contribution in [3.05, 3.63) is 205 Å². The summed E-state index contributed by atoms with van der Waals surface area (Å²) in [5.41, 5.74) is 13.1. The zero-order valence-electron chi connectivity index (χ0n) is 32.0. The summed E-state index contributed by atoms with van der Waals surface area (Å²) >= 11 is 0. The third-order valence-electron chi connectivity index (χ3n) is 13.0. The molecule has 0 aromatic heterocycles. The molecule has 0 N–H and O–H groups in total. The Kier molecular flexibility index (Phi) is 6.78. The smallest absolute Gasteiger partial charge is 0.0159 e. The molecular weight excluding hydrogens is 685 g/mol. The first-order valence-corrected chi connectivity index (χ1v) is 20.1. The van der Waals surface area contributed by atoms with Crippen molar-refractivity contribution in [1.29, 1.82) is 0 Å². The lowest BCUT2D eigenvalue weighted by Crippen LogP contribution is -2.14. The van der Waals surface area contributed by atoms with E-state index in [0.717, 1.165) is 0 Å². The van der Waals surface area contributed by atoms with Gasteiger partial charge in [0, 0.05) is 5.41 Å². The Balaban J connectivity index is 1.10. The van der Waals surface area contributed by atoms with E-state index in [1.165, 1.54) is 120 Å². The monoisotopic (exact) mass is 722 g/mol. The fourth-order valence-electron chi connectivity index (χ4n) is 10.4. The molecule has 0 aliphatic heterocycles. The van der Waals surface area contributed by atoms with Gasteiger partial charge in [0.05, 0.1) is 0 Å². The second kappa shape index (κ2) is 12.0. The molecule has 0 saturated carbocycles. The van der Waals surface area contributed by atoms with Crippen LogP contribution in [0.5, 0.6) is 0 Å². The second-order valence-electron chi connectivity index (χ2n) is 16.4. The quantitative estimate of drug-likeness (QED) is 0.126. The first kappa shape index (κ1) is 32.2. The summed E-state index contributed by atoms with van der Waals surface area (Å²) in [5.74, 6) is 0. The SMILES string of the molecule is CC1(C)c2cccc(-c3cccc(-c4c5ccccc5c(-c5cccc6c5ccc5cc7ccccc7cc56)c5ccccc45)c3)c2-c2c1ccc1ccccc21. The highest BCUT2D eigenvalue weighted by Crippen LogP contribution is 2.55. The minimum Gasteiger partial charge on any atom is -0.0616 e. The molecule has 1 aliphatic rings. The van der Waals surface area contributed by atoms with E-state index in [1.807, 2.05) is 0 Å². The van der Waals surface area contributed by atoms with Crippen LogP contribution in [0.25, 0.3) is 109 Å². The van der Waals surface area contributed by atoms with Gasteiger partial charge in [-0.05, 0) is 138 Å². The number of hydrogen-bond donors (Lipinski definition) is 0. The van der Waals surface area contributed by atoms with Crippen molar-refractivity contribution in [1.82, 2.24) is 0 Å². The maximum atomic E-state index is 2.44. The van der Waals surface area contributed by atoms with Gasteiger partial charge in [-0.1, -0.05) is 190 Å². The van der Waals surface area contributed by atoms with E-state index >= 15 is 0 Å². The molecule has 0 nitrogen and oxygen atoms in total. The molecule has 0 spiro atoms. The molecule has 57 heavy (non-hydrogen) atoms. The number of fused-ring (bicyclic) bond motifs is 11. The lowest BCUT2D eigenvalue weighted by molar-refractivity contribution is 0.661. The van der Waals surface area contributed by atoms with E-state index in [9.17, 15) is 0 Å². The molecule has 12 rings (SSSR count). The lowest BCUT2D eigenvalue weighted by atomic mass is 9.81. The fourth-order valence-corrected chi connectivity index (χ4v) is 10.4.